The predicted molar refractivity (Wildman–Crippen MR) is 86.4 cm³/mol. The highest BCUT2D eigenvalue weighted by atomic mass is 79.9. The van der Waals surface area contributed by atoms with Gasteiger partial charge >= 0.3 is 0 Å². The van der Waals surface area contributed by atoms with Crippen LogP contribution in [0.2, 0.25) is 5.15 Å². The highest BCUT2D eigenvalue weighted by Gasteiger charge is 2.23. The zero-order chi connectivity index (χ0) is 14.1. The molecule has 1 aromatic heterocycles. The summed E-state index contributed by atoms with van der Waals surface area (Å²) in [6, 6.07) is 6.48. The predicted octanol–water partition coefficient (Wildman–Crippen LogP) is 3.58. The third-order valence-electron chi connectivity index (χ3n) is 4.20. The largest absolute Gasteiger partial charge is 0.395 e. The Balaban J connectivity index is 1.81. The number of aliphatic hydroxyl groups is 1. The van der Waals surface area contributed by atoms with Crippen LogP contribution >= 0.6 is 27.5 Å². The Bertz CT molecular complexity index is 613. The lowest BCUT2D eigenvalue weighted by Gasteiger charge is -2.22. The summed E-state index contributed by atoms with van der Waals surface area (Å²) in [6.07, 6.45) is 3.19. The molecule has 0 radical (unpaired) electrons. The van der Waals surface area contributed by atoms with E-state index in [1.54, 1.807) is 0 Å². The normalized spacial score (nSPS) is 20.1. The van der Waals surface area contributed by atoms with E-state index >= 15 is 0 Å². The SMILES string of the molecule is OCC1CCCN1CCc1c(Cl)[nH]c2c(Br)cccc12. The first-order chi connectivity index (χ1) is 9.70. The fraction of sp³-hybridized carbons (Fsp3) is 0.467. The van der Waals surface area contributed by atoms with Crippen molar-refractivity contribution in [2.75, 3.05) is 19.7 Å². The highest BCUT2D eigenvalue weighted by molar-refractivity contribution is 9.10. The zero-order valence-corrected chi connectivity index (χ0v) is 13.5. The van der Waals surface area contributed by atoms with Crippen molar-refractivity contribution in [3.63, 3.8) is 0 Å². The van der Waals surface area contributed by atoms with Gasteiger partial charge in [-0.05, 0) is 53.4 Å². The molecule has 1 aliphatic rings. The zero-order valence-electron chi connectivity index (χ0n) is 11.2. The lowest BCUT2D eigenvalue weighted by molar-refractivity contribution is 0.160. The summed E-state index contributed by atoms with van der Waals surface area (Å²) >= 11 is 9.90. The maximum absolute atomic E-state index is 9.38. The molecule has 0 saturated carbocycles. The molecule has 1 aromatic carbocycles. The van der Waals surface area contributed by atoms with E-state index in [1.165, 1.54) is 17.4 Å². The monoisotopic (exact) mass is 356 g/mol. The van der Waals surface area contributed by atoms with Crippen LogP contribution < -0.4 is 0 Å². The van der Waals surface area contributed by atoms with Crippen LogP contribution in [-0.2, 0) is 6.42 Å². The van der Waals surface area contributed by atoms with E-state index in [-0.39, 0.29) is 6.61 Å². The second-order valence-electron chi connectivity index (χ2n) is 5.34. The number of aliphatic hydroxyl groups excluding tert-OH is 1. The molecule has 20 heavy (non-hydrogen) atoms. The first kappa shape index (κ1) is 14.4. The van der Waals surface area contributed by atoms with Crippen molar-refractivity contribution in [3.05, 3.63) is 33.4 Å². The van der Waals surface area contributed by atoms with Crippen LogP contribution in [0.25, 0.3) is 10.9 Å². The number of aromatic amines is 1. The molecule has 1 aliphatic heterocycles. The molecular weight excluding hydrogens is 340 g/mol. The van der Waals surface area contributed by atoms with E-state index in [9.17, 15) is 5.11 Å². The van der Waals surface area contributed by atoms with Crippen LogP contribution in [0.3, 0.4) is 0 Å². The molecule has 0 spiro atoms. The number of benzene rings is 1. The molecule has 0 bridgehead atoms. The van der Waals surface area contributed by atoms with E-state index in [0.717, 1.165) is 41.1 Å². The Morgan fingerprint density at radius 1 is 1.45 bits per heavy atom. The van der Waals surface area contributed by atoms with Crippen LogP contribution in [0.4, 0.5) is 0 Å². The third kappa shape index (κ3) is 2.62. The number of likely N-dealkylation sites (tertiary alicyclic amines) is 1. The van der Waals surface area contributed by atoms with Gasteiger partial charge in [-0.15, -0.1) is 0 Å². The van der Waals surface area contributed by atoms with Crippen LogP contribution in [0, 0.1) is 0 Å². The third-order valence-corrected chi connectivity index (χ3v) is 5.18. The molecule has 1 atom stereocenters. The number of H-pyrrole nitrogens is 1. The maximum atomic E-state index is 9.38. The summed E-state index contributed by atoms with van der Waals surface area (Å²) in [6.45, 7) is 2.28. The van der Waals surface area contributed by atoms with Crippen molar-refractivity contribution < 1.29 is 5.11 Å². The number of nitrogens with zero attached hydrogens (tertiary/aromatic N) is 1. The molecule has 1 saturated heterocycles. The molecule has 3 nitrogen and oxygen atoms in total. The van der Waals surface area contributed by atoms with Gasteiger partial charge in [0.2, 0.25) is 0 Å². The maximum Gasteiger partial charge on any atom is 0.110 e. The molecule has 3 rings (SSSR count). The molecule has 5 heteroatoms. The summed E-state index contributed by atoms with van der Waals surface area (Å²) < 4.78 is 1.04. The topological polar surface area (TPSA) is 39.3 Å². The Hall–Kier alpha value is -0.550. The number of hydrogen-bond acceptors (Lipinski definition) is 2. The number of aromatic nitrogens is 1. The summed E-state index contributed by atoms with van der Waals surface area (Å²) in [4.78, 5) is 5.61. The first-order valence-corrected chi connectivity index (χ1v) is 8.17. The van der Waals surface area contributed by atoms with Crippen molar-refractivity contribution in [1.82, 2.24) is 9.88 Å². The van der Waals surface area contributed by atoms with Crippen molar-refractivity contribution in [2.24, 2.45) is 0 Å². The van der Waals surface area contributed by atoms with Crippen LogP contribution in [0.1, 0.15) is 18.4 Å². The fourth-order valence-corrected chi connectivity index (χ4v) is 3.86. The number of fused-ring (bicyclic) bond motifs is 1. The molecule has 108 valence electrons. The van der Waals surface area contributed by atoms with Gasteiger partial charge in [0.25, 0.3) is 0 Å². The van der Waals surface area contributed by atoms with Crippen molar-refractivity contribution in [2.45, 2.75) is 25.3 Å². The minimum Gasteiger partial charge on any atom is -0.395 e. The van der Waals surface area contributed by atoms with Crippen LogP contribution in [-0.4, -0.2) is 40.7 Å². The Labute approximate surface area is 132 Å². The number of nitrogens with one attached hydrogen (secondary N) is 1. The van der Waals surface area contributed by atoms with E-state index in [1.807, 2.05) is 12.1 Å². The van der Waals surface area contributed by atoms with Crippen molar-refractivity contribution in [1.29, 1.82) is 0 Å². The van der Waals surface area contributed by atoms with Crippen LogP contribution in [0.5, 0.6) is 0 Å². The average Bonchev–Trinajstić information content (AvgIpc) is 3.01. The summed E-state index contributed by atoms with van der Waals surface area (Å²) in [5, 5.41) is 11.3. The molecule has 2 aromatic rings. The summed E-state index contributed by atoms with van der Waals surface area (Å²) in [7, 11) is 0. The Morgan fingerprint density at radius 2 is 2.30 bits per heavy atom. The lowest BCUT2D eigenvalue weighted by Crippen LogP contribution is -2.33. The highest BCUT2D eigenvalue weighted by Crippen LogP contribution is 2.31. The second kappa shape index (κ2) is 6.06. The van der Waals surface area contributed by atoms with E-state index in [4.69, 9.17) is 11.6 Å². The fourth-order valence-electron chi connectivity index (χ4n) is 3.10. The standard InChI is InChI=1S/C15H18BrClN2O/c16-13-5-1-4-11-12(15(17)18-14(11)13)6-8-19-7-2-3-10(19)9-20/h1,4-5,10,18,20H,2-3,6-9H2. The van der Waals surface area contributed by atoms with Gasteiger partial charge in [0.1, 0.15) is 5.15 Å². The van der Waals surface area contributed by atoms with Gasteiger partial charge < -0.3 is 10.1 Å². The number of halogens is 2. The summed E-state index contributed by atoms with van der Waals surface area (Å²) in [5.41, 5.74) is 2.24. The quantitative estimate of drug-likeness (QED) is 0.878. The number of para-hydroxylation sites is 1. The van der Waals surface area contributed by atoms with Gasteiger partial charge in [-0.25, -0.2) is 0 Å². The van der Waals surface area contributed by atoms with Gasteiger partial charge in [-0.1, -0.05) is 23.7 Å². The minimum absolute atomic E-state index is 0.257. The van der Waals surface area contributed by atoms with Crippen molar-refractivity contribution >= 4 is 38.4 Å². The number of rotatable bonds is 4. The van der Waals surface area contributed by atoms with Gasteiger partial charge in [-0.3, -0.25) is 4.90 Å². The molecule has 2 N–H and O–H groups in total. The molecule has 0 aliphatic carbocycles. The van der Waals surface area contributed by atoms with E-state index in [2.05, 4.69) is 31.9 Å². The van der Waals surface area contributed by atoms with Crippen molar-refractivity contribution in [3.8, 4) is 0 Å². The minimum atomic E-state index is 0.257. The molecular formula is C15H18BrClN2O. The molecule has 2 heterocycles. The van der Waals surface area contributed by atoms with E-state index in [0.29, 0.717) is 6.04 Å². The van der Waals surface area contributed by atoms with Gasteiger partial charge in [0.05, 0.1) is 12.1 Å². The first-order valence-electron chi connectivity index (χ1n) is 7.00. The summed E-state index contributed by atoms with van der Waals surface area (Å²) in [5.74, 6) is 0. The van der Waals surface area contributed by atoms with Gasteiger partial charge in [0, 0.05) is 22.4 Å². The average molecular weight is 358 g/mol. The number of hydrogen-bond donors (Lipinski definition) is 2. The molecule has 1 unspecified atom stereocenters. The van der Waals surface area contributed by atoms with E-state index < -0.39 is 0 Å². The van der Waals surface area contributed by atoms with Gasteiger partial charge in [-0.2, -0.15) is 0 Å². The second-order valence-corrected chi connectivity index (χ2v) is 6.58. The molecule has 1 fully saturated rings. The Kier molecular flexibility index (Phi) is 4.36. The smallest absolute Gasteiger partial charge is 0.110 e. The van der Waals surface area contributed by atoms with Crippen LogP contribution in [0.15, 0.2) is 22.7 Å². The molecule has 0 amide bonds. The lowest BCUT2D eigenvalue weighted by atomic mass is 10.1. The van der Waals surface area contributed by atoms with Gasteiger partial charge in [0.15, 0.2) is 0 Å². The Morgan fingerprint density at radius 3 is 3.10 bits per heavy atom.